The molecule has 2 rings (SSSR count). The topological polar surface area (TPSA) is 73.9 Å². The van der Waals surface area contributed by atoms with Gasteiger partial charge in [0.15, 0.2) is 0 Å². The summed E-state index contributed by atoms with van der Waals surface area (Å²) in [4.78, 5) is 23.5. The van der Waals surface area contributed by atoms with E-state index in [0.717, 1.165) is 29.5 Å². The van der Waals surface area contributed by atoms with E-state index < -0.39 is 6.09 Å². The van der Waals surface area contributed by atoms with Crippen molar-refractivity contribution in [2.24, 2.45) is 0 Å². The first-order chi connectivity index (χ1) is 14.0. The number of amides is 1. The maximum Gasteiger partial charge on any atom is 0.411 e. The lowest BCUT2D eigenvalue weighted by Crippen LogP contribution is -2.19. The van der Waals surface area contributed by atoms with Crippen molar-refractivity contribution in [1.29, 1.82) is 0 Å². The van der Waals surface area contributed by atoms with E-state index in [9.17, 15) is 9.59 Å². The van der Waals surface area contributed by atoms with E-state index >= 15 is 0 Å². The average Bonchev–Trinajstić information content (AvgIpc) is 2.71. The fourth-order valence-electron chi connectivity index (χ4n) is 2.59. The molecule has 0 radical (unpaired) electrons. The molecule has 0 aliphatic rings. The van der Waals surface area contributed by atoms with Crippen molar-refractivity contribution < 1.29 is 23.8 Å². The van der Waals surface area contributed by atoms with Crippen LogP contribution < -0.4 is 5.32 Å². The second kappa shape index (κ2) is 11.9. The number of hydrogen-bond acceptors (Lipinski definition) is 5. The summed E-state index contributed by atoms with van der Waals surface area (Å²) < 4.78 is 15.1. The Hall–Kier alpha value is -2.86. The predicted octanol–water partition coefficient (Wildman–Crippen LogP) is 4.36. The Morgan fingerprint density at radius 2 is 1.52 bits per heavy atom. The fourth-order valence-corrected chi connectivity index (χ4v) is 2.59. The first kappa shape index (κ1) is 22.4. The Kier molecular flexibility index (Phi) is 9.18. The van der Waals surface area contributed by atoms with Gasteiger partial charge in [-0.3, -0.25) is 10.1 Å². The third-order valence-corrected chi connectivity index (χ3v) is 4.41. The monoisotopic (exact) mass is 399 g/mol. The largest absolute Gasteiger partial charge is 0.463 e. The van der Waals surface area contributed by atoms with Gasteiger partial charge in [0.05, 0.1) is 13.0 Å². The molecule has 156 valence electrons. The minimum atomic E-state index is -0.441. The van der Waals surface area contributed by atoms with Crippen molar-refractivity contribution in [3.63, 3.8) is 0 Å². The number of nitrogens with one attached hydrogen (secondary N) is 1. The van der Waals surface area contributed by atoms with Crippen molar-refractivity contribution in [1.82, 2.24) is 0 Å². The number of carbonyl (C=O) groups excluding carboxylic acids is 2. The Morgan fingerprint density at radius 3 is 2.10 bits per heavy atom. The zero-order valence-corrected chi connectivity index (χ0v) is 17.3. The van der Waals surface area contributed by atoms with Gasteiger partial charge in [0.1, 0.15) is 12.7 Å². The maximum absolute atomic E-state index is 11.8. The second-order valence-electron chi connectivity index (χ2n) is 6.83. The molecule has 1 N–H and O–H groups in total. The first-order valence-corrected chi connectivity index (χ1v) is 9.79. The molecule has 1 amide bonds. The SMILES string of the molecule is CCC(C)OC(=O)Nc1ccc(Cc2ccc(CC(=O)OCCOC)cc2)cc1. The summed E-state index contributed by atoms with van der Waals surface area (Å²) >= 11 is 0. The van der Waals surface area contributed by atoms with E-state index in [4.69, 9.17) is 14.2 Å². The number of methoxy groups -OCH3 is 1. The predicted molar refractivity (Wildman–Crippen MR) is 112 cm³/mol. The number of carbonyl (C=O) groups is 2. The number of benzene rings is 2. The molecule has 0 aliphatic carbocycles. The highest BCUT2D eigenvalue weighted by molar-refractivity contribution is 5.84. The van der Waals surface area contributed by atoms with E-state index in [1.807, 2.05) is 62.4 Å². The molecule has 0 aromatic heterocycles. The lowest BCUT2D eigenvalue weighted by Gasteiger charge is -2.12. The summed E-state index contributed by atoms with van der Waals surface area (Å²) in [7, 11) is 1.57. The lowest BCUT2D eigenvalue weighted by molar-refractivity contribution is -0.144. The molecule has 0 heterocycles. The summed E-state index contributed by atoms with van der Waals surface area (Å²) in [6, 6.07) is 15.6. The van der Waals surface area contributed by atoms with Crippen molar-refractivity contribution in [2.75, 3.05) is 25.6 Å². The zero-order valence-electron chi connectivity index (χ0n) is 17.3. The smallest absolute Gasteiger partial charge is 0.411 e. The van der Waals surface area contributed by atoms with Crippen molar-refractivity contribution in [3.05, 3.63) is 65.2 Å². The van der Waals surface area contributed by atoms with Crippen LogP contribution in [0.5, 0.6) is 0 Å². The molecule has 0 saturated carbocycles. The quantitative estimate of drug-likeness (QED) is 0.475. The molecule has 0 fully saturated rings. The summed E-state index contributed by atoms with van der Waals surface area (Å²) in [5.74, 6) is -0.259. The maximum atomic E-state index is 11.8. The lowest BCUT2D eigenvalue weighted by atomic mass is 10.0. The van der Waals surface area contributed by atoms with Gasteiger partial charge in [-0.15, -0.1) is 0 Å². The summed E-state index contributed by atoms with van der Waals surface area (Å²) in [6.45, 7) is 4.50. The molecule has 0 bridgehead atoms. The van der Waals surface area contributed by atoms with Crippen LogP contribution in [0.3, 0.4) is 0 Å². The molecular weight excluding hydrogens is 370 g/mol. The molecule has 6 nitrogen and oxygen atoms in total. The van der Waals surface area contributed by atoms with Gasteiger partial charge >= 0.3 is 12.1 Å². The molecule has 2 aromatic rings. The minimum absolute atomic E-state index is 0.107. The Morgan fingerprint density at radius 1 is 0.931 bits per heavy atom. The molecule has 0 aliphatic heterocycles. The standard InChI is InChI=1S/C23H29NO5/c1-4-17(2)29-23(26)24-21-11-9-19(10-12-21)15-18-5-7-20(8-6-18)16-22(25)28-14-13-27-3/h5-12,17H,4,13-16H2,1-3H3,(H,24,26). The summed E-state index contributed by atoms with van der Waals surface area (Å²) in [5.41, 5.74) is 3.87. The van der Waals surface area contributed by atoms with Gasteiger partial charge < -0.3 is 14.2 Å². The van der Waals surface area contributed by atoms with E-state index in [2.05, 4.69) is 5.32 Å². The summed E-state index contributed by atoms with van der Waals surface area (Å²) in [5, 5.41) is 2.73. The highest BCUT2D eigenvalue weighted by Crippen LogP contribution is 2.15. The number of rotatable bonds is 10. The molecule has 1 atom stereocenters. The normalized spacial score (nSPS) is 11.6. The Balaban J connectivity index is 1.83. The van der Waals surface area contributed by atoms with E-state index in [-0.39, 0.29) is 25.1 Å². The molecule has 29 heavy (non-hydrogen) atoms. The van der Waals surface area contributed by atoms with Gasteiger partial charge in [-0.1, -0.05) is 43.3 Å². The van der Waals surface area contributed by atoms with Crippen LogP contribution in [0, 0.1) is 0 Å². The average molecular weight is 399 g/mol. The van der Waals surface area contributed by atoms with Gasteiger partial charge in [0.25, 0.3) is 0 Å². The second-order valence-corrected chi connectivity index (χ2v) is 6.83. The van der Waals surface area contributed by atoms with Gasteiger partial charge in [0.2, 0.25) is 0 Å². The van der Waals surface area contributed by atoms with Gasteiger partial charge in [-0.25, -0.2) is 4.79 Å². The molecule has 0 saturated heterocycles. The van der Waals surface area contributed by atoms with Crippen molar-refractivity contribution in [3.8, 4) is 0 Å². The van der Waals surface area contributed by atoms with E-state index in [1.165, 1.54) is 0 Å². The number of ether oxygens (including phenoxy) is 3. The number of anilines is 1. The first-order valence-electron chi connectivity index (χ1n) is 9.79. The van der Waals surface area contributed by atoms with Crippen LogP contribution >= 0.6 is 0 Å². The van der Waals surface area contributed by atoms with Crippen LogP contribution in [0.15, 0.2) is 48.5 Å². The fraction of sp³-hybridized carbons (Fsp3) is 0.391. The highest BCUT2D eigenvalue weighted by Gasteiger charge is 2.08. The van der Waals surface area contributed by atoms with E-state index in [0.29, 0.717) is 12.3 Å². The van der Waals surface area contributed by atoms with Gasteiger partial charge in [-0.05, 0) is 48.6 Å². The molecule has 1 unspecified atom stereocenters. The summed E-state index contributed by atoms with van der Waals surface area (Å²) in [6.07, 6.45) is 1.24. The molecule has 6 heteroatoms. The number of hydrogen-bond donors (Lipinski definition) is 1. The van der Waals surface area contributed by atoms with Crippen LogP contribution in [-0.2, 0) is 31.8 Å². The van der Waals surface area contributed by atoms with Crippen molar-refractivity contribution in [2.45, 2.75) is 39.2 Å². The Bertz CT molecular complexity index is 771. The van der Waals surface area contributed by atoms with Crippen LogP contribution in [0.1, 0.15) is 37.0 Å². The van der Waals surface area contributed by atoms with E-state index in [1.54, 1.807) is 7.11 Å². The van der Waals surface area contributed by atoms with Crippen LogP contribution in [-0.4, -0.2) is 38.5 Å². The highest BCUT2D eigenvalue weighted by atomic mass is 16.6. The Labute approximate surface area is 172 Å². The number of esters is 1. The zero-order chi connectivity index (χ0) is 21.1. The molecular formula is C23H29NO5. The van der Waals surface area contributed by atoms with Gasteiger partial charge in [0, 0.05) is 12.8 Å². The molecule has 0 spiro atoms. The van der Waals surface area contributed by atoms with Crippen molar-refractivity contribution >= 4 is 17.7 Å². The van der Waals surface area contributed by atoms with Crippen LogP contribution in [0.2, 0.25) is 0 Å². The molecule has 2 aromatic carbocycles. The van der Waals surface area contributed by atoms with Gasteiger partial charge in [-0.2, -0.15) is 0 Å². The minimum Gasteiger partial charge on any atom is -0.463 e. The third kappa shape index (κ3) is 8.35. The third-order valence-electron chi connectivity index (χ3n) is 4.41. The van der Waals surface area contributed by atoms with Crippen LogP contribution in [0.4, 0.5) is 10.5 Å². The van der Waals surface area contributed by atoms with Crippen LogP contribution in [0.25, 0.3) is 0 Å².